The number of hydrogen-bond acceptors (Lipinski definition) is 5. The lowest BCUT2D eigenvalue weighted by Crippen LogP contribution is -2.58. The molecule has 25 heavy (non-hydrogen) atoms. The van der Waals surface area contributed by atoms with E-state index in [2.05, 4.69) is 0 Å². The number of aliphatic carboxylic acids is 1. The number of hydrogen-bond donors (Lipinski definition) is 1. The Hall–Kier alpha value is -1.28. The van der Waals surface area contributed by atoms with E-state index in [0.717, 1.165) is 12.8 Å². The Morgan fingerprint density at radius 3 is 2.56 bits per heavy atom. The van der Waals surface area contributed by atoms with Crippen molar-refractivity contribution in [3.8, 4) is 0 Å². The molecule has 5 unspecified atom stereocenters. The number of carboxylic acid groups (broad SMARTS) is 1. The third kappa shape index (κ3) is 3.38. The molecule has 0 amide bonds. The molecule has 8 heteroatoms. The first-order chi connectivity index (χ1) is 11.8. The zero-order valence-corrected chi connectivity index (χ0v) is 14.2. The highest BCUT2D eigenvalue weighted by molar-refractivity contribution is 5.78. The number of carbonyl (C=O) groups excluding carboxylic acids is 1. The normalized spacial score (nSPS) is 36.9. The molecule has 5 atom stereocenters. The molecule has 0 heterocycles. The molecular formula is C17H24F2O6. The first-order valence-electron chi connectivity index (χ1n) is 8.73. The van der Waals surface area contributed by atoms with Crippen LogP contribution in [0.4, 0.5) is 8.78 Å². The Morgan fingerprint density at radius 2 is 1.88 bits per heavy atom. The van der Waals surface area contributed by atoms with Crippen LogP contribution in [0, 0.1) is 23.2 Å². The van der Waals surface area contributed by atoms with Crippen LogP contribution >= 0.6 is 0 Å². The Bertz CT molecular complexity index is 535. The van der Waals surface area contributed by atoms with Crippen LogP contribution in [0.25, 0.3) is 0 Å². The highest BCUT2D eigenvalue weighted by Gasteiger charge is 2.62. The first kappa shape index (κ1) is 18.5. The molecule has 0 spiro atoms. The largest absolute Gasteiger partial charge is 0.475 e. The summed E-state index contributed by atoms with van der Waals surface area (Å²) < 4.78 is 42.3. The minimum atomic E-state index is -4.24. The number of carbonyl (C=O) groups is 2. The molecule has 3 aliphatic rings. The van der Waals surface area contributed by atoms with Crippen molar-refractivity contribution in [1.82, 2.24) is 0 Å². The molecule has 3 fully saturated rings. The third-order valence-electron chi connectivity index (χ3n) is 6.06. The Labute approximate surface area is 144 Å². The molecule has 0 aliphatic heterocycles. The van der Waals surface area contributed by atoms with Gasteiger partial charge >= 0.3 is 18.0 Å². The van der Waals surface area contributed by atoms with Gasteiger partial charge in [-0.25, -0.2) is 4.79 Å². The van der Waals surface area contributed by atoms with Gasteiger partial charge in [-0.1, -0.05) is 6.42 Å². The van der Waals surface area contributed by atoms with E-state index >= 15 is 0 Å². The van der Waals surface area contributed by atoms with Gasteiger partial charge < -0.3 is 19.3 Å². The summed E-state index contributed by atoms with van der Waals surface area (Å²) in [5.74, 6) is -2.63. The Balaban J connectivity index is 1.82. The minimum Gasteiger partial charge on any atom is -0.475 e. The fourth-order valence-corrected chi connectivity index (χ4v) is 5.23. The van der Waals surface area contributed by atoms with Crippen molar-refractivity contribution in [3.05, 3.63) is 0 Å². The highest BCUT2D eigenvalue weighted by Crippen LogP contribution is 2.61. The fraction of sp³-hybridized carbons (Fsp3) is 0.882. The van der Waals surface area contributed by atoms with Crippen LogP contribution < -0.4 is 0 Å². The lowest BCUT2D eigenvalue weighted by atomic mass is 9.48. The zero-order chi connectivity index (χ0) is 18.2. The molecule has 142 valence electrons. The average molecular weight is 362 g/mol. The number of halogens is 2. The van der Waals surface area contributed by atoms with Gasteiger partial charge in [-0.2, -0.15) is 8.78 Å². The van der Waals surface area contributed by atoms with E-state index in [1.807, 2.05) is 0 Å². The molecule has 3 saturated carbocycles. The Morgan fingerprint density at radius 1 is 1.16 bits per heavy atom. The lowest BCUT2D eigenvalue weighted by Gasteiger charge is -2.57. The summed E-state index contributed by atoms with van der Waals surface area (Å²) in [6.45, 7) is 0.395. The predicted molar refractivity (Wildman–Crippen MR) is 80.9 cm³/mol. The van der Waals surface area contributed by atoms with E-state index in [4.69, 9.17) is 19.3 Å². The summed E-state index contributed by atoms with van der Waals surface area (Å²) >= 11 is 0. The smallest absolute Gasteiger partial charge is 0.456 e. The van der Waals surface area contributed by atoms with Gasteiger partial charge in [0.1, 0.15) is 6.61 Å². The number of alkyl halides is 2. The van der Waals surface area contributed by atoms with Crippen molar-refractivity contribution >= 4 is 11.9 Å². The number of fused-ring (bicyclic) bond motifs is 2. The lowest BCUT2D eigenvalue weighted by molar-refractivity contribution is -0.289. The van der Waals surface area contributed by atoms with Crippen molar-refractivity contribution in [2.75, 3.05) is 20.3 Å². The van der Waals surface area contributed by atoms with Gasteiger partial charge in [0.05, 0.1) is 18.1 Å². The molecule has 3 bridgehead atoms. The van der Waals surface area contributed by atoms with Crippen molar-refractivity contribution < 1.29 is 37.7 Å². The van der Waals surface area contributed by atoms with Gasteiger partial charge in [-0.15, -0.1) is 0 Å². The molecule has 3 rings (SSSR count). The average Bonchev–Trinajstić information content (AvgIpc) is 2.53. The van der Waals surface area contributed by atoms with Gasteiger partial charge in [0, 0.05) is 13.0 Å². The summed E-state index contributed by atoms with van der Waals surface area (Å²) in [4.78, 5) is 23.6. The van der Waals surface area contributed by atoms with Crippen LogP contribution in [0.3, 0.4) is 0 Å². The summed E-state index contributed by atoms with van der Waals surface area (Å²) in [6, 6.07) is 0. The standard InChI is InChI=1S/C17H24F2O6/c1-23-4-5-24-15(22)16-8-10-2-3-12(16)13(7-11(6-10)9-16)25-17(18,19)14(20)21/h10-13H,2-9H2,1H3,(H,20,21). The minimum absolute atomic E-state index is 0.0832. The van der Waals surface area contributed by atoms with Crippen LogP contribution in [0.2, 0.25) is 0 Å². The van der Waals surface area contributed by atoms with E-state index in [-0.39, 0.29) is 25.1 Å². The van der Waals surface area contributed by atoms with Crippen molar-refractivity contribution in [3.63, 3.8) is 0 Å². The van der Waals surface area contributed by atoms with E-state index in [0.29, 0.717) is 31.6 Å². The van der Waals surface area contributed by atoms with Gasteiger partial charge in [-0.3, -0.25) is 4.79 Å². The second-order valence-electron chi connectivity index (χ2n) is 7.56. The molecule has 0 aromatic heterocycles. The van der Waals surface area contributed by atoms with Crippen LogP contribution in [-0.2, 0) is 23.8 Å². The van der Waals surface area contributed by atoms with Crippen LogP contribution in [0.15, 0.2) is 0 Å². The van der Waals surface area contributed by atoms with Gasteiger partial charge in [0.2, 0.25) is 0 Å². The van der Waals surface area contributed by atoms with E-state index in [1.54, 1.807) is 0 Å². The molecule has 6 nitrogen and oxygen atoms in total. The third-order valence-corrected chi connectivity index (χ3v) is 6.06. The van der Waals surface area contributed by atoms with Gasteiger partial charge in [-0.05, 0) is 43.9 Å². The van der Waals surface area contributed by atoms with Crippen molar-refractivity contribution in [2.45, 2.75) is 50.7 Å². The number of ether oxygens (including phenoxy) is 3. The number of rotatable bonds is 7. The molecule has 0 aromatic carbocycles. The van der Waals surface area contributed by atoms with E-state index in [9.17, 15) is 18.4 Å². The van der Waals surface area contributed by atoms with Crippen molar-refractivity contribution in [2.24, 2.45) is 23.2 Å². The van der Waals surface area contributed by atoms with E-state index in [1.165, 1.54) is 7.11 Å². The summed E-state index contributed by atoms with van der Waals surface area (Å²) in [7, 11) is 1.50. The number of esters is 1. The second-order valence-corrected chi connectivity index (χ2v) is 7.56. The highest BCUT2D eigenvalue weighted by atomic mass is 19.3. The van der Waals surface area contributed by atoms with Crippen LogP contribution in [0.1, 0.15) is 38.5 Å². The zero-order valence-electron chi connectivity index (χ0n) is 14.2. The first-order valence-corrected chi connectivity index (χ1v) is 8.73. The van der Waals surface area contributed by atoms with Gasteiger partial charge in [0.15, 0.2) is 0 Å². The summed E-state index contributed by atoms with van der Waals surface area (Å²) in [6.07, 6.45) is -1.29. The topological polar surface area (TPSA) is 82.1 Å². The fourth-order valence-electron chi connectivity index (χ4n) is 5.23. The molecule has 1 N–H and O–H groups in total. The SMILES string of the molecule is COCCOC(=O)C12CC3CCC1C(OC(F)(F)C(=O)O)CC(C3)C2. The number of methoxy groups -OCH3 is 1. The second kappa shape index (κ2) is 6.79. The van der Waals surface area contributed by atoms with Crippen LogP contribution in [-0.4, -0.2) is 49.6 Å². The van der Waals surface area contributed by atoms with Crippen LogP contribution in [0.5, 0.6) is 0 Å². The predicted octanol–water partition coefficient (Wildman–Crippen LogP) is 2.46. The maximum Gasteiger partial charge on any atom is 0.456 e. The van der Waals surface area contributed by atoms with E-state index < -0.39 is 29.5 Å². The molecule has 0 aromatic rings. The number of carboxylic acids is 1. The molecular weight excluding hydrogens is 338 g/mol. The van der Waals surface area contributed by atoms with Gasteiger partial charge in [0.25, 0.3) is 0 Å². The Kier molecular flexibility index (Phi) is 5.03. The summed E-state index contributed by atoms with van der Waals surface area (Å²) in [5.41, 5.74) is -0.836. The molecule has 0 radical (unpaired) electrons. The van der Waals surface area contributed by atoms with Crippen molar-refractivity contribution in [1.29, 1.82) is 0 Å². The summed E-state index contributed by atoms with van der Waals surface area (Å²) in [5, 5.41) is 8.68. The quantitative estimate of drug-likeness (QED) is 0.553. The monoisotopic (exact) mass is 362 g/mol. The maximum atomic E-state index is 13.6. The molecule has 0 saturated heterocycles. The maximum absolute atomic E-state index is 13.6. The molecule has 3 aliphatic carbocycles.